The Kier molecular flexibility index (Phi) is 4.90. The van der Waals surface area contributed by atoms with E-state index in [1.165, 1.54) is 0 Å². The summed E-state index contributed by atoms with van der Waals surface area (Å²) in [7, 11) is 3.16. The van der Waals surface area contributed by atoms with Crippen molar-refractivity contribution in [3.63, 3.8) is 0 Å². The third-order valence-corrected chi connectivity index (χ3v) is 4.76. The Morgan fingerprint density at radius 1 is 1.07 bits per heavy atom. The number of H-pyrrole nitrogens is 1. The van der Waals surface area contributed by atoms with Crippen molar-refractivity contribution in [2.24, 2.45) is 0 Å². The molecule has 0 saturated heterocycles. The number of fused-ring (bicyclic) bond motifs is 1. The van der Waals surface area contributed by atoms with E-state index in [0.29, 0.717) is 47.0 Å². The van der Waals surface area contributed by atoms with E-state index < -0.39 is 0 Å². The fraction of sp³-hybridized carbons (Fsp3) is 0.190. The smallest absolute Gasteiger partial charge is 0.273 e. The van der Waals surface area contributed by atoms with Gasteiger partial charge in [0.2, 0.25) is 5.91 Å². The summed E-state index contributed by atoms with van der Waals surface area (Å²) in [6.07, 6.45) is 1.09. The lowest BCUT2D eigenvalue weighted by Crippen LogP contribution is -2.19. The number of hydrogen-bond acceptors (Lipinski definition) is 5. The SMILES string of the molecule is COc1ccc(OC)c(-c2cc(C(=O)Nc3ccc4c(c3)CCC(=O)N4)[nH]n2)c1. The van der Waals surface area contributed by atoms with Crippen molar-refractivity contribution in [3.8, 4) is 22.8 Å². The molecule has 3 N–H and O–H groups in total. The third kappa shape index (κ3) is 3.77. The van der Waals surface area contributed by atoms with E-state index in [2.05, 4.69) is 20.8 Å². The molecule has 0 atom stereocenters. The van der Waals surface area contributed by atoms with Gasteiger partial charge in [0.05, 0.1) is 19.9 Å². The number of nitrogens with one attached hydrogen (secondary N) is 3. The molecule has 0 fully saturated rings. The topological polar surface area (TPSA) is 105 Å². The first-order chi connectivity index (χ1) is 14.1. The Morgan fingerprint density at radius 2 is 1.93 bits per heavy atom. The molecule has 4 rings (SSSR count). The number of amides is 2. The van der Waals surface area contributed by atoms with Gasteiger partial charge in [-0.25, -0.2) is 0 Å². The molecule has 2 heterocycles. The standard InChI is InChI=1S/C21H20N4O4/c1-28-14-5-7-19(29-2)15(10-14)17-11-18(25-24-17)21(27)22-13-4-6-16-12(9-13)3-8-20(26)23-16/h4-7,9-11H,3,8H2,1-2H3,(H,22,27)(H,23,26)(H,24,25). The number of hydrogen-bond donors (Lipinski definition) is 3. The lowest BCUT2D eigenvalue weighted by atomic mass is 10.0. The van der Waals surface area contributed by atoms with Crippen molar-refractivity contribution < 1.29 is 19.1 Å². The molecule has 1 aliphatic heterocycles. The minimum Gasteiger partial charge on any atom is -0.497 e. The van der Waals surface area contributed by atoms with Crippen molar-refractivity contribution >= 4 is 23.2 Å². The zero-order valence-electron chi connectivity index (χ0n) is 16.0. The second kappa shape index (κ2) is 7.67. The maximum Gasteiger partial charge on any atom is 0.273 e. The van der Waals surface area contributed by atoms with Crippen LogP contribution in [0.5, 0.6) is 11.5 Å². The van der Waals surface area contributed by atoms with Gasteiger partial charge in [-0.2, -0.15) is 5.10 Å². The highest BCUT2D eigenvalue weighted by Crippen LogP contribution is 2.32. The van der Waals surface area contributed by atoms with Crippen molar-refractivity contribution in [3.05, 3.63) is 53.7 Å². The minimum absolute atomic E-state index is 0.00671. The molecule has 0 spiro atoms. The highest BCUT2D eigenvalue weighted by Gasteiger charge is 2.17. The van der Waals surface area contributed by atoms with E-state index in [0.717, 1.165) is 11.3 Å². The zero-order valence-corrected chi connectivity index (χ0v) is 16.0. The number of anilines is 2. The summed E-state index contributed by atoms with van der Waals surface area (Å²) in [6, 6.07) is 12.5. The first-order valence-corrected chi connectivity index (χ1v) is 9.09. The molecule has 8 heteroatoms. The van der Waals surface area contributed by atoms with Crippen LogP contribution in [0.15, 0.2) is 42.5 Å². The van der Waals surface area contributed by atoms with E-state index in [-0.39, 0.29) is 11.8 Å². The molecule has 1 aromatic heterocycles. The molecule has 0 unspecified atom stereocenters. The molecule has 0 aliphatic carbocycles. The minimum atomic E-state index is -0.314. The summed E-state index contributed by atoms with van der Waals surface area (Å²) < 4.78 is 10.6. The molecule has 1 aliphatic rings. The molecular weight excluding hydrogens is 372 g/mol. The Bertz CT molecular complexity index is 1090. The lowest BCUT2D eigenvalue weighted by molar-refractivity contribution is -0.116. The van der Waals surface area contributed by atoms with Gasteiger partial charge in [-0.1, -0.05) is 0 Å². The van der Waals surface area contributed by atoms with Crippen LogP contribution in [0, 0.1) is 0 Å². The number of carbonyl (C=O) groups is 2. The maximum absolute atomic E-state index is 12.6. The first kappa shape index (κ1) is 18.5. The van der Waals surface area contributed by atoms with Crippen molar-refractivity contribution in [1.29, 1.82) is 0 Å². The Labute approximate surface area is 167 Å². The van der Waals surface area contributed by atoms with Crippen LogP contribution in [0.3, 0.4) is 0 Å². The quantitative estimate of drug-likeness (QED) is 0.618. The van der Waals surface area contributed by atoms with Crippen molar-refractivity contribution in [1.82, 2.24) is 10.2 Å². The molecule has 3 aromatic rings. The molecule has 2 amide bonds. The van der Waals surface area contributed by atoms with E-state index in [4.69, 9.17) is 9.47 Å². The molecule has 8 nitrogen and oxygen atoms in total. The number of aromatic nitrogens is 2. The van der Waals surface area contributed by atoms with Gasteiger partial charge in [-0.05, 0) is 54.4 Å². The van der Waals surface area contributed by atoms with Crippen LogP contribution in [0.4, 0.5) is 11.4 Å². The lowest BCUT2D eigenvalue weighted by Gasteiger charge is -2.17. The molecule has 0 radical (unpaired) electrons. The fourth-order valence-electron chi connectivity index (χ4n) is 3.25. The van der Waals surface area contributed by atoms with Gasteiger partial charge in [0, 0.05) is 23.4 Å². The number of rotatable bonds is 5. The maximum atomic E-state index is 12.6. The largest absolute Gasteiger partial charge is 0.497 e. The van der Waals surface area contributed by atoms with Gasteiger partial charge in [0.25, 0.3) is 5.91 Å². The highest BCUT2D eigenvalue weighted by atomic mass is 16.5. The summed E-state index contributed by atoms with van der Waals surface area (Å²) >= 11 is 0. The first-order valence-electron chi connectivity index (χ1n) is 9.09. The summed E-state index contributed by atoms with van der Waals surface area (Å²) in [5.74, 6) is 0.981. The summed E-state index contributed by atoms with van der Waals surface area (Å²) in [4.78, 5) is 24.1. The Hall–Kier alpha value is -3.81. The average Bonchev–Trinajstić information content (AvgIpc) is 3.23. The second-order valence-electron chi connectivity index (χ2n) is 6.61. The van der Waals surface area contributed by atoms with Crippen LogP contribution in [0.25, 0.3) is 11.3 Å². The number of aromatic amines is 1. The van der Waals surface area contributed by atoms with Gasteiger partial charge in [0.1, 0.15) is 17.2 Å². The summed E-state index contributed by atoms with van der Waals surface area (Å²) in [5.41, 5.74) is 4.03. The van der Waals surface area contributed by atoms with E-state index in [9.17, 15) is 9.59 Å². The highest BCUT2D eigenvalue weighted by molar-refractivity contribution is 6.04. The number of methoxy groups -OCH3 is 2. The van der Waals surface area contributed by atoms with E-state index in [1.807, 2.05) is 6.07 Å². The molecule has 0 bridgehead atoms. The van der Waals surface area contributed by atoms with Gasteiger partial charge < -0.3 is 20.1 Å². The van der Waals surface area contributed by atoms with E-state index in [1.54, 1.807) is 50.6 Å². The predicted octanol–water partition coefficient (Wildman–Crippen LogP) is 3.23. The molecule has 0 saturated carbocycles. The number of benzene rings is 2. The zero-order chi connectivity index (χ0) is 20.4. The fourth-order valence-corrected chi connectivity index (χ4v) is 3.25. The van der Waals surface area contributed by atoms with Crippen LogP contribution >= 0.6 is 0 Å². The van der Waals surface area contributed by atoms with Crippen molar-refractivity contribution in [2.75, 3.05) is 24.9 Å². The number of carbonyl (C=O) groups excluding carboxylic acids is 2. The van der Waals surface area contributed by atoms with Crippen LogP contribution in [0.1, 0.15) is 22.5 Å². The average molecular weight is 392 g/mol. The number of nitrogens with zero attached hydrogens (tertiary/aromatic N) is 1. The van der Waals surface area contributed by atoms with Gasteiger partial charge in [-0.3, -0.25) is 14.7 Å². The summed E-state index contributed by atoms with van der Waals surface area (Å²) in [6.45, 7) is 0. The Balaban J connectivity index is 1.54. The molecular formula is C21H20N4O4. The van der Waals surface area contributed by atoms with Crippen LogP contribution < -0.4 is 20.1 Å². The molecule has 148 valence electrons. The monoisotopic (exact) mass is 392 g/mol. The normalized spacial score (nSPS) is 12.7. The van der Waals surface area contributed by atoms with Gasteiger partial charge in [0.15, 0.2) is 0 Å². The van der Waals surface area contributed by atoms with Crippen LogP contribution in [0.2, 0.25) is 0 Å². The van der Waals surface area contributed by atoms with Gasteiger partial charge >= 0.3 is 0 Å². The number of aryl methyl sites for hydroxylation is 1. The van der Waals surface area contributed by atoms with Crippen LogP contribution in [-0.2, 0) is 11.2 Å². The Morgan fingerprint density at radius 3 is 2.72 bits per heavy atom. The summed E-state index contributed by atoms with van der Waals surface area (Å²) in [5, 5.41) is 12.7. The predicted molar refractivity (Wildman–Crippen MR) is 108 cm³/mol. The second-order valence-corrected chi connectivity index (χ2v) is 6.61. The van der Waals surface area contributed by atoms with Gasteiger partial charge in [-0.15, -0.1) is 0 Å². The number of ether oxygens (including phenoxy) is 2. The van der Waals surface area contributed by atoms with E-state index >= 15 is 0 Å². The van der Waals surface area contributed by atoms with Crippen LogP contribution in [-0.4, -0.2) is 36.2 Å². The third-order valence-electron chi connectivity index (χ3n) is 4.76. The molecule has 2 aromatic carbocycles. The molecule has 29 heavy (non-hydrogen) atoms. The van der Waals surface area contributed by atoms with Crippen molar-refractivity contribution in [2.45, 2.75) is 12.8 Å².